The summed E-state index contributed by atoms with van der Waals surface area (Å²) in [6.07, 6.45) is 5.42. The second kappa shape index (κ2) is 14.0. The van der Waals surface area contributed by atoms with Crippen LogP contribution in [0.4, 0.5) is 0 Å². The van der Waals surface area contributed by atoms with E-state index in [-0.39, 0.29) is 0 Å². The van der Waals surface area contributed by atoms with Crippen molar-refractivity contribution in [2.24, 2.45) is 0 Å². The van der Waals surface area contributed by atoms with Gasteiger partial charge >= 0.3 is 0 Å². The monoisotopic (exact) mass is 425 g/mol. The summed E-state index contributed by atoms with van der Waals surface area (Å²) in [7, 11) is 1.78. The molecule has 7 heteroatoms. The summed E-state index contributed by atoms with van der Waals surface area (Å²) in [4.78, 5) is 10.5. The Morgan fingerprint density at radius 2 is 1.40 bits per heavy atom. The van der Waals surface area contributed by atoms with Crippen molar-refractivity contribution in [1.82, 2.24) is 24.9 Å². The van der Waals surface area contributed by atoms with Gasteiger partial charge in [-0.2, -0.15) is 0 Å². The standard InChI is InChI=1S/C23H47N5O2/c1-3-24-7-5-4-6-8-27-20-23-19-22(27)21-28(23)15-18-30-17-14-26-11-9-25(10-12-26)13-16-29-2/h22-24H,3-21H2,1-2H3/t22-,23-/m0/s1. The fourth-order valence-electron chi connectivity index (χ4n) is 5.23. The lowest BCUT2D eigenvalue weighted by Gasteiger charge is -2.35. The number of likely N-dealkylation sites (tertiary alicyclic amines) is 2. The second-order valence-corrected chi connectivity index (χ2v) is 9.24. The molecule has 0 unspecified atom stereocenters. The highest BCUT2D eigenvalue weighted by atomic mass is 16.5. The minimum atomic E-state index is 0.778. The Labute approximate surface area is 185 Å². The molecule has 2 bridgehead atoms. The Morgan fingerprint density at radius 3 is 2.03 bits per heavy atom. The molecular weight excluding hydrogens is 378 g/mol. The van der Waals surface area contributed by atoms with Crippen LogP contribution in [0.3, 0.4) is 0 Å². The summed E-state index contributed by atoms with van der Waals surface area (Å²) < 4.78 is 11.2. The molecule has 176 valence electrons. The average Bonchev–Trinajstić information content (AvgIpc) is 3.35. The molecule has 3 aliphatic heterocycles. The van der Waals surface area contributed by atoms with Gasteiger partial charge < -0.3 is 14.8 Å². The number of nitrogens with one attached hydrogen (secondary N) is 1. The molecule has 0 radical (unpaired) electrons. The molecule has 0 amide bonds. The van der Waals surface area contributed by atoms with Gasteiger partial charge in [0.15, 0.2) is 0 Å². The molecule has 3 aliphatic rings. The van der Waals surface area contributed by atoms with Gasteiger partial charge in [0, 0.05) is 78.1 Å². The van der Waals surface area contributed by atoms with Crippen LogP contribution in [0.15, 0.2) is 0 Å². The predicted molar refractivity (Wildman–Crippen MR) is 123 cm³/mol. The van der Waals surface area contributed by atoms with Gasteiger partial charge in [0.25, 0.3) is 0 Å². The lowest BCUT2D eigenvalue weighted by Crippen LogP contribution is -2.48. The number of ether oxygens (including phenoxy) is 2. The quantitative estimate of drug-likeness (QED) is 0.367. The zero-order valence-electron chi connectivity index (χ0n) is 19.7. The molecular formula is C23H47N5O2. The topological polar surface area (TPSA) is 43.5 Å². The van der Waals surface area contributed by atoms with Crippen LogP contribution in [0, 0.1) is 0 Å². The van der Waals surface area contributed by atoms with Crippen LogP contribution in [0.5, 0.6) is 0 Å². The lowest BCUT2D eigenvalue weighted by molar-refractivity contribution is 0.0474. The highest BCUT2D eigenvalue weighted by molar-refractivity contribution is 4.99. The summed E-state index contributed by atoms with van der Waals surface area (Å²) in [5.41, 5.74) is 0. The maximum absolute atomic E-state index is 6.00. The van der Waals surface area contributed by atoms with E-state index in [0.717, 1.165) is 84.3 Å². The Bertz CT molecular complexity index is 447. The Kier molecular flexibility index (Phi) is 11.4. The molecule has 2 atom stereocenters. The predicted octanol–water partition coefficient (Wildman–Crippen LogP) is 0.805. The number of rotatable bonds is 16. The van der Waals surface area contributed by atoms with E-state index in [0.29, 0.717) is 0 Å². The molecule has 3 saturated heterocycles. The third kappa shape index (κ3) is 8.01. The maximum atomic E-state index is 6.00. The first kappa shape index (κ1) is 24.4. The number of hydrogen-bond acceptors (Lipinski definition) is 7. The van der Waals surface area contributed by atoms with Crippen molar-refractivity contribution in [3.05, 3.63) is 0 Å². The third-order valence-corrected chi connectivity index (χ3v) is 7.17. The summed E-state index contributed by atoms with van der Waals surface area (Å²) in [6, 6.07) is 1.58. The average molecular weight is 426 g/mol. The number of methoxy groups -OCH3 is 1. The van der Waals surface area contributed by atoms with E-state index in [1.165, 1.54) is 51.9 Å². The van der Waals surface area contributed by atoms with Crippen LogP contribution in [0.25, 0.3) is 0 Å². The Balaban J connectivity index is 1.16. The van der Waals surface area contributed by atoms with Crippen LogP contribution in [-0.4, -0.2) is 137 Å². The summed E-state index contributed by atoms with van der Waals surface area (Å²) in [6.45, 7) is 18.8. The number of piperazine rings is 2. The first-order valence-electron chi connectivity index (χ1n) is 12.5. The normalized spacial score (nSPS) is 26.2. The van der Waals surface area contributed by atoms with Gasteiger partial charge in [0.2, 0.25) is 0 Å². The molecule has 3 rings (SSSR count). The van der Waals surface area contributed by atoms with Gasteiger partial charge in [-0.15, -0.1) is 0 Å². The van der Waals surface area contributed by atoms with Gasteiger partial charge in [0.05, 0.1) is 19.8 Å². The van der Waals surface area contributed by atoms with Crippen LogP contribution in [-0.2, 0) is 9.47 Å². The Hall–Kier alpha value is -0.280. The number of fused-ring (bicyclic) bond motifs is 2. The molecule has 30 heavy (non-hydrogen) atoms. The largest absolute Gasteiger partial charge is 0.383 e. The maximum Gasteiger partial charge on any atom is 0.0594 e. The van der Waals surface area contributed by atoms with Crippen LogP contribution < -0.4 is 5.32 Å². The first-order chi connectivity index (χ1) is 14.8. The molecule has 1 N–H and O–H groups in total. The fraction of sp³-hybridized carbons (Fsp3) is 1.00. The molecule has 0 aromatic heterocycles. The van der Waals surface area contributed by atoms with Crippen molar-refractivity contribution in [2.45, 2.75) is 44.7 Å². The van der Waals surface area contributed by atoms with Gasteiger partial charge in [-0.3, -0.25) is 19.6 Å². The third-order valence-electron chi connectivity index (χ3n) is 7.17. The van der Waals surface area contributed by atoms with Crippen molar-refractivity contribution in [2.75, 3.05) is 105 Å². The van der Waals surface area contributed by atoms with Crippen molar-refractivity contribution in [1.29, 1.82) is 0 Å². The summed E-state index contributed by atoms with van der Waals surface area (Å²) >= 11 is 0. The van der Waals surface area contributed by atoms with Gasteiger partial charge in [-0.1, -0.05) is 13.3 Å². The summed E-state index contributed by atoms with van der Waals surface area (Å²) in [5, 5.41) is 3.42. The summed E-state index contributed by atoms with van der Waals surface area (Å²) in [5.74, 6) is 0. The van der Waals surface area contributed by atoms with Crippen LogP contribution in [0.1, 0.15) is 32.6 Å². The van der Waals surface area contributed by atoms with Crippen molar-refractivity contribution in [3.63, 3.8) is 0 Å². The molecule has 3 heterocycles. The van der Waals surface area contributed by atoms with Crippen LogP contribution >= 0.6 is 0 Å². The molecule has 0 aromatic rings. The number of hydrogen-bond donors (Lipinski definition) is 1. The van der Waals surface area contributed by atoms with Gasteiger partial charge in [-0.05, 0) is 38.9 Å². The minimum absolute atomic E-state index is 0.778. The minimum Gasteiger partial charge on any atom is -0.383 e. The van der Waals surface area contributed by atoms with E-state index in [2.05, 4.69) is 31.8 Å². The van der Waals surface area contributed by atoms with E-state index in [1.54, 1.807) is 7.11 Å². The van der Waals surface area contributed by atoms with E-state index in [9.17, 15) is 0 Å². The van der Waals surface area contributed by atoms with E-state index in [4.69, 9.17) is 9.47 Å². The smallest absolute Gasteiger partial charge is 0.0594 e. The van der Waals surface area contributed by atoms with Crippen molar-refractivity contribution < 1.29 is 9.47 Å². The first-order valence-corrected chi connectivity index (χ1v) is 12.5. The van der Waals surface area contributed by atoms with E-state index >= 15 is 0 Å². The molecule has 0 aromatic carbocycles. The molecule has 0 aliphatic carbocycles. The highest BCUT2D eigenvalue weighted by Gasteiger charge is 2.42. The molecule has 7 nitrogen and oxygen atoms in total. The molecule has 0 spiro atoms. The second-order valence-electron chi connectivity index (χ2n) is 9.24. The Morgan fingerprint density at radius 1 is 0.767 bits per heavy atom. The van der Waals surface area contributed by atoms with Crippen molar-refractivity contribution >= 4 is 0 Å². The van der Waals surface area contributed by atoms with E-state index in [1.807, 2.05) is 0 Å². The lowest BCUT2D eigenvalue weighted by atomic mass is 10.2. The van der Waals surface area contributed by atoms with Gasteiger partial charge in [-0.25, -0.2) is 0 Å². The van der Waals surface area contributed by atoms with E-state index < -0.39 is 0 Å². The zero-order valence-corrected chi connectivity index (χ0v) is 19.7. The molecule has 3 fully saturated rings. The SMILES string of the molecule is CCNCCCCCN1C[C@@H]2C[C@H]1CN2CCOCCN1CCN(CCOC)CC1. The zero-order chi connectivity index (χ0) is 21.0. The number of nitrogens with zero attached hydrogens (tertiary/aromatic N) is 4. The van der Waals surface area contributed by atoms with Crippen molar-refractivity contribution in [3.8, 4) is 0 Å². The number of unbranched alkanes of at least 4 members (excludes halogenated alkanes) is 2. The van der Waals surface area contributed by atoms with Gasteiger partial charge in [0.1, 0.15) is 0 Å². The molecule has 0 saturated carbocycles. The fourth-order valence-corrected chi connectivity index (χ4v) is 5.23. The van der Waals surface area contributed by atoms with Crippen LogP contribution in [0.2, 0.25) is 0 Å². The highest BCUT2D eigenvalue weighted by Crippen LogP contribution is 2.30.